The maximum absolute atomic E-state index is 12.4. The van der Waals surface area contributed by atoms with E-state index in [2.05, 4.69) is 12.1 Å². The maximum Gasteiger partial charge on any atom is 0.230 e. The van der Waals surface area contributed by atoms with E-state index in [1.165, 1.54) is 5.56 Å². The molecule has 1 aliphatic heterocycles. The number of hydrogen-bond donors (Lipinski definition) is 1. The Hall–Kier alpha value is -1.35. The van der Waals surface area contributed by atoms with Crippen LogP contribution in [0.3, 0.4) is 0 Å². The summed E-state index contributed by atoms with van der Waals surface area (Å²) in [7, 11) is 0. The number of para-hydroxylation sites is 1. The standard InChI is InChI=1S/C14H18N2O/c15-12-6-5-11(9-12)14(17)16-8-7-10-3-1-2-4-13(10)16/h1-4,11-12H,5-9,15H2. The van der Waals surface area contributed by atoms with Gasteiger partial charge in [0.25, 0.3) is 0 Å². The summed E-state index contributed by atoms with van der Waals surface area (Å²) < 4.78 is 0. The lowest BCUT2D eigenvalue weighted by Crippen LogP contribution is -2.34. The van der Waals surface area contributed by atoms with E-state index in [4.69, 9.17) is 5.73 Å². The summed E-state index contributed by atoms with van der Waals surface area (Å²) in [4.78, 5) is 14.4. The van der Waals surface area contributed by atoms with Crippen LogP contribution in [0.5, 0.6) is 0 Å². The fraction of sp³-hybridized carbons (Fsp3) is 0.500. The first-order valence-corrected chi connectivity index (χ1v) is 6.40. The molecule has 0 radical (unpaired) electrons. The van der Waals surface area contributed by atoms with E-state index in [1.807, 2.05) is 17.0 Å². The smallest absolute Gasteiger partial charge is 0.230 e. The summed E-state index contributed by atoms with van der Waals surface area (Å²) in [5, 5.41) is 0. The van der Waals surface area contributed by atoms with Crippen molar-refractivity contribution in [1.82, 2.24) is 0 Å². The molecular formula is C14H18N2O. The first kappa shape index (κ1) is 10.8. The van der Waals surface area contributed by atoms with Crippen molar-refractivity contribution in [2.45, 2.75) is 31.7 Å². The minimum absolute atomic E-state index is 0.149. The molecule has 90 valence electrons. The van der Waals surface area contributed by atoms with Crippen LogP contribution in [0.25, 0.3) is 0 Å². The van der Waals surface area contributed by atoms with Crippen molar-refractivity contribution < 1.29 is 4.79 Å². The topological polar surface area (TPSA) is 46.3 Å². The summed E-state index contributed by atoms with van der Waals surface area (Å²) in [6.07, 6.45) is 3.79. The first-order valence-electron chi connectivity index (χ1n) is 6.40. The molecule has 1 heterocycles. The average molecular weight is 230 g/mol. The number of amides is 1. The zero-order valence-corrected chi connectivity index (χ0v) is 9.93. The third-order valence-electron chi connectivity index (χ3n) is 3.98. The van der Waals surface area contributed by atoms with Gasteiger partial charge in [0.2, 0.25) is 5.91 Å². The summed E-state index contributed by atoms with van der Waals surface area (Å²) in [6.45, 7) is 0.837. The molecule has 0 spiro atoms. The Balaban J connectivity index is 1.80. The number of benzene rings is 1. The number of anilines is 1. The van der Waals surface area contributed by atoms with E-state index in [0.717, 1.165) is 37.9 Å². The van der Waals surface area contributed by atoms with Gasteiger partial charge >= 0.3 is 0 Å². The van der Waals surface area contributed by atoms with Gasteiger partial charge in [-0.1, -0.05) is 18.2 Å². The van der Waals surface area contributed by atoms with Crippen molar-refractivity contribution in [1.29, 1.82) is 0 Å². The van der Waals surface area contributed by atoms with Crippen molar-refractivity contribution in [2.75, 3.05) is 11.4 Å². The monoisotopic (exact) mass is 230 g/mol. The Bertz CT molecular complexity index is 444. The molecule has 1 saturated carbocycles. The zero-order valence-electron chi connectivity index (χ0n) is 9.93. The Kier molecular flexibility index (Phi) is 2.63. The van der Waals surface area contributed by atoms with Gasteiger partial charge in [-0.15, -0.1) is 0 Å². The third-order valence-corrected chi connectivity index (χ3v) is 3.98. The molecule has 2 N–H and O–H groups in total. The minimum Gasteiger partial charge on any atom is -0.328 e. The van der Waals surface area contributed by atoms with Gasteiger partial charge in [0.1, 0.15) is 0 Å². The van der Waals surface area contributed by atoms with Crippen molar-refractivity contribution in [3.63, 3.8) is 0 Å². The summed E-state index contributed by atoms with van der Waals surface area (Å²) >= 11 is 0. The molecule has 1 aromatic rings. The number of carbonyl (C=O) groups excluding carboxylic acids is 1. The molecule has 2 aliphatic rings. The van der Waals surface area contributed by atoms with E-state index in [0.29, 0.717) is 0 Å². The van der Waals surface area contributed by atoms with Gasteiger partial charge in [0, 0.05) is 24.2 Å². The Labute approximate surface area is 102 Å². The molecule has 1 aromatic carbocycles. The Morgan fingerprint density at radius 3 is 2.88 bits per heavy atom. The summed E-state index contributed by atoms with van der Waals surface area (Å²) in [6, 6.07) is 8.43. The largest absolute Gasteiger partial charge is 0.328 e. The Morgan fingerprint density at radius 1 is 1.29 bits per heavy atom. The number of rotatable bonds is 1. The number of fused-ring (bicyclic) bond motifs is 1. The van der Waals surface area contributed by atoms with Gasteiger partial charge in [0.15, 0.2) is 0 Å². The number of nitrogens with zero attached hydrogens (tertiary/aromatic N) is 1. The van der Waals surface area contributed by atoms with E-state index < -0.39 is 0 Å². The van der Waals surface area contributed by atoms with Crippen LogP contribution in [-0.2, 0) is 11.2 Å². The molecule has 1 fully saturated rings. The molecule has 3 heteroatoms. The van der Waals surface area contributed by atoms with Crippen molar-refractivity contribution in [3.8, 4) is 0 Å². The SMILES string of the molecule is NC1CCC(C(=O)N2CCc3ccccc32)C1. The van der Waals surface area contributed by atoms with Gasteiger partial charge in [0.05, 0.1) is 0 Å². The number of hydrogen-bond acceptors (Lipinski definition) is 2. The molecule has 3 rings (SSSR count). The lowest BCUT2D eigenvalue weighted by molar-refractivity contribution is -0.122. The fourth-order valence-electron chi connectivity index (χ4n) is 3.03. The van der Waals surface area contributed by atoms with E-state index in [-0.39, 0.29) is 17.9 Å². The van der Waals surface area contributed by atoms with E-state index in [1.54, 1.807) is 0 Å². The highest BCUT2D eigenvalue weighted by Gasteiger charge is 2.33. The van der Waals surface area contributed by atoms with Crippen LogP contribution < -0.4 is 10.6 Å². The number of carbonyl (C=O) groups is 1. The molecular weight excluding hydrogens is 212 g/mol. The quantitative estimate of drug-likeness (QED) is 0.798. The van der Waals surface area contributed by atoms with Crippen molar-refractivity contribution in [3.05, 3.63) is 29.8 Å². The lowest BCUT2D eigenvalue weighted by atomic mass is 10.1. The van der Waals surface area contributed by atoms with Gasteiger partial charge in [-0.2, -0.15) is 0 Å². The fourth-order valence-corrected chi connectivity index (χ4v) is 3.03. The van der Waals surface area contributed by atoms with Gasteiger partial charge in [-0.3, -0.25) is 4.79 Å². The number of nitrogens with two attached hydrogens (primary N) is 1. The normalized spacial score (nSPS) is 27.2. The molecule has 2 atom stereocenters. The van der Waals surface area contributed by atoms with Gasteiger partial charge in [-0.25, -0.2) is 0 Å². The second kappa shape index (κ2) is 4.15. The molecule has 3 nitrogen and oxygen atoms in total. The molecule has 0 bridgehead atoms. The highest BCUT2D eigenvalue weighted by Crippen LogP contribution is 2.32. The molecule has 17 heavy (non-hydrogen) atoms. The van der Waals surface area contributed by atoms with Crippen molar-refractivity contribution >= 4 is 11.6 Å². The van der Waals surface area contributed by atoms with Crippen LogP contribution in [-0.4, -0.2) is 18.5 Å². The molecule has 1 amide bonds. The predicted octanol–water partition coefficient (Wildman–Crippen LogP) is 1.70. The zero-order chi connectivity index (χ0) is 11.8. The Morgan fingerprint density at radius 2 is 2.12 bits per heavy atom. The van der Waals surface area contributed by atoms with Crippen LogP contribution in [0.1, 0.15) is 24.8 Å². The highest BCUT2D eigenvalue weighted by atomic mass is 16.2. The molecule has 0 saturated heterocycles. The van der Waals surface area contributed by atoms with Crippen LogP contribution in [0, 0.1) is 5.92 Å². The average Bonchev–Trinajstić information content (AvgIpc) is 2.94. The van der Waals surface area contributed by atoms with Gasteiger partial charge in [-0.05, 0) is 37.3 Å². The first-order chi connectivity index (χ1) is 8.25. The highest BCUT2D eigenvalue weighted by molar-refractivity contribution is 5.97. The minimum atomic E-state index is 0.149. The van der Waals surface area contributed by atoms with Crippen LogP contribution in [0.4, 0.5) is 5.69 Å². The van der Waals surface area contributed by atoms with E-state index >= 15 is 0 Å². The van der Waals surface area contributed by atoms with Gasteiger partial charge < -0.3 is 10.6 Å². The second-order valence-corrected chi connectivity index (χ2v) is 5.14. The third kappa shape index (κ3) is 1.84. The molecule has 1 aliphatic carbocycles. The predicted molar refractivity (Wildman–Crippen MR) is 67.8 cm³/mol. The maximum atomic E-state index is 12.4. The van der Waals surface area contributed by atoms with Crippen LogP contribution >= 0.6 is 0 Å². The second-order valence-electron chi connectivity index (χ2n) is 5.14. The summed E-state index contributed by atoms with van der Waals surface area (Å²) in [5.74, 6) is 0.430. The lowest BCUT2D eigenvalue weighted by Gasteiger charge is -2.21. The van der Waals surface area contributed by atoms with Crippen LogP contribution in [0.15, 0.2) is 24.3 Å². The summed E-state index contributed by atoms with van der Waals surface area (Å²) in [5.41, 5.74) is 8.29. The van der Waals surface area contributed by atoms with E-state index in [9.17, 15) is 4.79 Å². The molecule has 0 aromatic heterocycles. The van der Waals surface area contributed by atoms with Crippen molar-refractivity contribution in [2.24, 2.45) is 11.7 Å². The van der Waals surface area contributed by atoms with Crippen LogP contribution in [0.2, 0.25) is 0 Å². The molecule has 2 unspecified atom stereocenters.